The van der Waals surface area contributed by atoms with Gasteiger partial charge in [0.2, 0.25) is 0 Å². The van der Waals surface area contributed by atoms with Gasteiger partial charge < -0.3 is 18.5 Å². The van der Waals surface area contributed by atoms with Crippen molar-refractivity contribution in [3.8, 4) is 55.9 Å². The van der Waals surface area contributed by atoms with Crippen LogP contribution < -0.4 is 0 Å². The molecule has 4 heterocycles. The summed E-state index contributed by atoms with van der Waals surface area (Å²) in [5.41, 5.74) is 23.2. The lowest BCUT2D eigenvalue weighted by Gasteiger charge is -2.30. The molecule has 1 aliphatic heterocycles. The minimum atomic E-state index is 0.530. The molecule has 0 radical (unpaired) electrons. The van der Waals surface area contributed by atoms with Crippen LogP contribution in [-0.4, -0.2) is 26.4 Å². The number of para-hydroxylation sites is 3. The standard InChI is InChI=1S/C77H52N4O/c1-5-19-51(20-6-1)49-79-50-78-70(48-75(79)54-25-11-4-12-26-54)66-35-18-34-65-64-33-17-32-62(76(64)82-77(65)66)59-39-42-74-69(47-59)68-46-58(38-41-73(68)81(74)61-30-16-28-56(44-61)53-23-9-3-10-24-53)57-37-40-72-67(45-57)63-31-13-14-36-71(63)80(72)60-29-15-27-55(43-60)52-21-7-2-8-22-52/h1-48H,49-50H2. The molecule has 0 bridgehead atoms. The van der Waals surface area contributed by atoms with Crippen LogP contribution in [0.5, 0.6) is 0 Å². The second-order valence-corrected chi connectivity index (χ2v) is 21.4. The molecular weight excluding hydrogens is 997 g/mol. The van der Waals surface area contributed by atoms with Crippen LogP contribution in [-0.2, 0) is 6.54 Å². The zero-order chi connectivity index (χ0) is 54.1. The lowest BCUT2D eigenvalue weighted by molar-refractivity contribution is 0.401. The van der Waals surface area contributed by atoms with Crippen molar-refractivity contribution >= 4 is 77.0 Å². The molecule has 12 aromatic carbocycles. The summed E-state index contributed by atoms with van der Waals surface area (Å²) in [5, 5.41) is 6.93. The maximum absolute atomic E-state index is 7.18. The molecule has 386 valence electrons. The minimum absolute atomic E-state index is 0.530. The van der Waals surface area contributed by atoms with E-state index in [-0.39, 0.29) is 0 Å². The second-order valence-electron chi connectivity index (χ2n) is 21.4. The van der Waals surface area contributed by atoms with Gasteiger partial charge in [0, 0.05) is 67.1 Å². The van der Waals surface area contributed by atoms with Gasteiger partial charge in [-0.15, -0.1) is 0 Å². The van der Waals surface area contributed by atoms with Crippen LogP contribution in [0.1, 0.15) is 16.7 Å². The fourth-order valence-electron chi connectivity index (χ4n) is 12.7. The highest BCUT2D eigenvalue weighted by Gasteiger charge is 2.24. The van der Waals surface area contributed by atoms with Crippen LogP contribution in [0, 0.1) is 0 Å². The van der Waals surface area contributed by atoms with E-state index in [1.54, 1.807) is 0 Å². The van der Waals surface area contributed by atoms with Gasteiger partial charge in [-0.3, -0.25) is 4.99 Å². The van der Waals surface area contributed by atoms with Gasteiger partial charge in [0.05, 0.1) is 27.8 Å². The summed E-state index contributed by atoms with van der Waals surface area (Å²) in [4.78, 5) is 7.61. The molecule has 0 aliphatic carbocycles. The number of aromatic nitrogens is 2. The van der Waals surface area contributed by atoms with Crippen LogP contribution in [0.2, 0.25) is 0 Å². The van der Waals surface area contributed by atoms with Crippen molar-refractivity contribution in [2.24, 2.45) is 4.99 Å². The van der Waals surface area contributed by atoms with E-state index in [1.165, 1.54) is 66.0 Å². The van der Waals surface area contributed by atoms with E-state index in [1.807, 2.05) is 0 Å². The first kappa shape index (κ1) is 47.3. The smallest absolute Gasteiger partial charge is 0.144 e. The molecule has 3 aromatic heterocycles. The van der Waals surface area contributed by atoms with Crippen LogP contribution in [0.15, 0.2) is 301 Å². The maximum Gasteiger partial charge on any atom is 0.144 e. The van der Waals surface area contributed by atoms with E-state index in [4.69, 9.17) is 9.41 Å². The topological polar surface area (TPSA) is 38.6 Å². The van der Waals surface area contributed by atoms with Crippen LogP contribution in [0.4, 0.5) is 0 Å². The Hall–Kier alpha value is -10.8. The maximum atomic E-state index is 7.18. The third-order valence-corrected chi connectivity index (χ3v) is 16.6. The van der Waals surface area contributed by atoms with Crippen molar-refractivity contribution in [2.45, 2.75) is 6.54 Å². The van der Waals surface area contributed by atoms with Gasteiger partial charge in [0.1, 0.15) is 17.8 Å². The van der Waals surface area contributed by atoms with E-state index in [9.17, 15) is 0 Å². The van der Waals surface area contributed by atoms with Crippen molar-refractivity contribution in [2.75, 3.05) is 6.67 Å². The van der Waals surface area contributed by atoms with Crippen LogP contribution in [0.25, 0.3) is 127 Å². The zero-order valence-corrected chi connectivity index (χ0v) is 44.8. The minimum Gasteiger partial charge on any atom is -0.455 e. The number of hydrogen-bond donors (Lipinski definition) is 0. The van der Waals surface area contributed by atoms with Gasteiger partial charge >= 0.3 is 0 Å². The van der Waals surface area contributed by atoms with Crippen LogP contribution in [0.3, 0.4) is 0 Å². The number of benzene rings is 12. The molecule has 0 N–H and O–H groups in total. The molecule has 0 atom stereocenters. The summed E-state index contributed by atoms with van der Waals surface area (Å²) in [5.74, 6) is 0. The lowest BCUT2D eigenvalue weighted by Crippen LogP contribution is -2.27. The molecule has 0 fully saturated rings. The average Bonchev–Trinajstić information content (AvgIpc) is 3.30. The molecule has 5 nitrogen and oxygen atoms in total. The van der Waals surface area contributed by atoms with Gasteiger partial charge in [-0.05, 0) is 129 Å². The number of rotatable bonds is 10. The monoisotopic (exact) mass is 1050 g/mol. The highest BCUT2D eigenvalue weighted by atomic mass is 16.3. The Morgan fingerprint density at radius 2 is 0.744 bits per heavy atom. The summed E-state index contributed by atoms with van der Waals surface area (Å²) in [7, 11) is 0. The molecule has 0 saturated carbocycles. The molecule has 0 saturated heterocycles. The molecule has 0 unspecified atom stereocenters. The molecule has 16 rings (SSSR count). The molecule has 15 aromatic rings. The first-order valence-corrected chi connectivity index (χ1v) is 28.1. The normalized spacial score (nSPS) is 12.8. The Morgan fingerprint density at radius 3 is 1.34 bits per heavy atom. The Balaban J connectivity index is 0.838. The average molecular weight is 1050 g/mol. The van der Waals surface area contributed by atoms with E-state index in [0.29, 0.717) is 6.67 Å². The fourth-order valence-corrected chi connectivity index (χ4v) is 12.7. The third-order valence-electron chi connectivity index (χ3n) is 16.6. The number of hydrogen-bond acceptors (Lipinski definition) is 3. The van der Waals surface area contributed by atoms with Crippen molar-refractivity contribution in [3.05, 3.63) is 308 Å². The van der Waals surface area contributed by atoms with Crippen LogP contribution >= 0.6 is 0 Å². The molecule has 0 amide bonds. The largest absolute Gasteiger partial charge is 0.455 e. The Bertz CT molecular complexity index is 5030. The summed E-state index contributed by atoms with van der Waals surface area (Å²) in [6.45, 7) is 1.29. The van der Waals surface area contributed by atoms with Crippen molar-refractivity contribution in [1.82, 2.24) is 14.0 Å². The number of allylic oxidation sites excluding steroid dienone is 1. The first-order chi connectivity index (χ1) is 40.6. The summed E-state index contributed by atoms with van der Waals surface area (Å²) in [6.07, 6.45) is 2.24. The molecular formula is C77H52N4O. The van der Waals surface area contributed by atoms with Gasteiger partial charge in [-0.25, -0.2) is 0 Å². The molecule has 1 aliphatic rings. The Labute approximate surface area is 474 Å². The lowest BCUT2D eigenvalue weighted by atomic mass is 9.98. The second kappa shape index (κ2) is 19.6. The number of nitrogens with zero attached hydrogens (tertiary/aromatic N) is 4. The highest BCUT2D eigenvalue weighted by Crippen LogP contribution is 2.43. The highest BCUT2D eigenvalue weighted by molar-refractivity contribution is 6.22. The predicted octanol–water partition coefficient (Wildman–Crippen LogP) is 19.8. The molecule has 5 heteroatoms. The number of furan rings is 1. The Morgan fingerprint density at radius 1 is 0.317 bits per heavy atom. The molecule has 82 heavy (non-hydrogen) atoms. The zero-order valence-electron chi connectivity index (χ0n) is 44.8. The van der Waals surface area contributed by atoms with E-state index in [0.717, 1.165) is 90.1 Å². The Kier molecular flexibility index (Phi) is 11.3. The SMILES string of the molecule is C1=C(c2ccccc2)N(Cc2ccccc2)CN=C1c1cccc2c1oc1c(-c3ccc4c(c3)c3cc(-c5ccc6c(c5)c5ccccc5n6-c5cccc(-c6ccccc6)c5)ccc3n4-c3cccc(-c4ccccc4)c3)cccc12. The van der Waals surface area contributed by atoms with Gasteiger partial charge in [0.25, 0.3) is 0 Å². The summed E-state index contributed by atoms with van der Waals surface area (Å²) >= 11 is 0. The quantitative estimate of drug-likeness (QED) is 0.137. The molecule has 0 spiro atoms. The van der Waals surface area contributed by atoms with Crippen molar-refractivity contribution in [1.29, 1.82) is 0 Å². The third kappa shape index (κ3) is 8.04. The van der Waals surface area contributed by atoms with Gasteiger partial charge in [-0.2, -0.15) is 0 Å². The predicted molar refractivity (Wildman–Crippen MR) is 342 cm³/mol. The summed E-state index contributed by atoms with van der Waals surface area (Å²) < 4.78 is 12.0. The van der Waals surface area contributed by atoms with E-state index < -0.39 is 0 Å². The van der Waals surface area contributed by atoms with E-state index >= 15 is 0 Å². The van der Waals surface area contributed by atoms with Crippen molar-refractivity contribution < 1.29 is 4.42 Å². The van der Waals surface area contributed by atoms with Crippen molar-refractivity contribution in [3.63, 3.8) is 0 Å². The van der Waals surface area contributed by atoms with E-state index in [2.05, 4.69) is 305 Å². The fraction of sp³-hybridized carbons (Fsp3) is 0.0260. The van der Waals surface area contributed by atoms with Gasteiger partial charge in [0.15, 0.2) is 0 Å². The number of fused-ring (bicyclic) bond motifs is 9. The first-order valence-electron chi connectivity index (χ1n) is 28.1. The number of aliphatic imine (C=N–C) groups is 1. The summed E-state index contributed by atoms with van der Waals surface area (Å²) in [6, 6.07) is 103. The van der Waals surface area contributed by atoms with Gasteiger partial charge in [-0.1, -0.05) is 212 Å².